The van der Waals surface area contributed by atoms with Crippen molar-refractivity contribution in [2.45, 2.75) is 19.5 Å². The maximum absolute atomic E-state index is 12.9. The molecule has 2 aromatic carbocycles. The maximum Gasteiger partial charge on any atom is 0.275 e. The van der Waals surface area contributed by atoms with Gasteiger partial charge in [0.1, 0.15) is 12.4 Å². The summed E-state index contributed by atoms with van der Waals surface area (Å²) in [7, 11) is 1.92. The van der Waals surface area contributed by atoms with Crippen LogP contribution in [0.5, 0.6) is 0 Å². The Kier molecular flexibility index (Phi) is 6.60. The van der Waals surface area contributed by atoms with E-state index in [1.165, 1.54) is 12.1 Å². The highest BCUT2D eigenvalue weighted by Gasteiger charge is 2.16. The van der Waals surface area contributed by atoms with E-state index in [0.717, 1.165) is 16.0 Å². The van der Waals surface area contributed by atoms with E-state index in [4.69, 9.17) is 23.2 Å². The predicted octanol–water partition coefficient (Wildman–Crippen LogP) is 3.02. The minimum absolute atomic E-state index is 0.0758. The Labute approximate surface area is 151 Å². The molecular weight excluding hydrogens is 350 g/mol. The molecule has 1 amide bonds. The zero-order chi connectivity index (χ0) is 17.7. The summed E-state index contributed by atoms with van der Waals surface area (Å²) in [6, 6.07) is 11.3. The van der Waals surface area contributed by atoms with Gasteiger partial charge in [-0.1, -0.05) is 41.4 Å². The summed E-state index contributed by atoms with van der Waals surface area (Å²) in [6.07, 6.45) is 0. The summed E-state index contributed by atoms with van der Waals surface area (Å²) < 4.78 is 12.9. The van der Waals surface area contributed by atoms with Crippen molar-refractivity contribution in [2.75, 3.05) is 13.6 Å². The Morgan fingerprint density at radius 2 is 1.88 bits per heavy atom. The molecule has 0 aromatic heterocycles. The first-order chi connectivity index (χ1) is 11.3. The Balaban J connectivity index is 1.88. The average Bonchev–Trinajstić information content (AvgIpc) is 2.49. The molecular formula is C18H20Cl2FN2O+. The molecule has 24 heavy (non-hydrogen) atoms. The third-order valence-electron chi connectivity index (χ3n) is 3.69. The standard InChI is InChI=1S/C18H19Cl2FN2O/c1-12(16-8-5-14(19)9-17(16)20)22-18(24)11-23(2)10-13-3-6-15(21)7-4-13/h3-9,12H,10-11H2,1-2H3,(H,22,24)/p+1/t12-/m1/s1. The van der Waals surface area contributed by atoms with Gasteiger partial charge in [-0.15, -0.1) is 0 Å². The lowest BCUT2D eigenvalue weighted by Gasteiger charge is -2.18. The first-order valence-electron chi connectivity index (χ1n) is 7.65. The van der Waals surface area contributed by atoms with Crippen molar-refractivity contribution in [2.24, 2.45) is 0 Å². The molecule has 3 nitrogen and oxygen atoms in total. The zero-order valence-electron chi connectivity index (χ0n) is 13.6. The first-order valence-corrected chi connectivity index (χ1v) is 8.41. The van der Waals surface area contributed by atoms with Crippen molar-refractivity contribution in [3.63, 3.8) is 0 Å². The molecule has 2 aromatic rings. The number of likely N-dealkylation sites (N-methyl/N-ethyl adjacent to an activating group) is 1. The number of carbonyl (C=O) groups is 1. The molecule has 128 valence electrons. The topological polar surface area (TPSA) is 33.5 Å². The number of quaternary nitrogens is 1. The Bertz CT molecular complexity index is 707. The molecule has 0 heterocycles. The lowest BCUT2D eigenvalue weighted by molar-refractivity contribution is -0.885. The number of benzene rings is 2. The van der Waals surface area contributed by atoms with Gasteiger partial charge in [-0.3, -0.25) is 4.79 Å². The molecule has 1 unspecified atom stereocenters. The first kappa shape index (κ1) is 18.7. The summed E-state index contributed by atoms with van der Waals surface area (Å²) >= 11 is 12.0. The van der Waals surface area contributed by atoms with Crippen LogP contribution in [0.25, 0.3) is 0 Å². The lowest BCUT2D eigenvalue weighted by atomic mass is 10.1. The summed E-state index contributed by atoms with van der Waals surface area (Å²) in [5, 5.41) is 4.03. The van der Waals surface area contributed by atoms with Crippen LogP contribution in [0.15, 0.2) is 42.5 Å². The molecule has 0 saturated carbocycles. The van der Waals surface area contributed by atoms with Crippen molar-refractivity contribution >= 4 is 29.1 Å². The van der Waals surface area contributed by atoms with Crippen LogP contribution in [-0.2, 0) is 11.3 Å². The monoisotopic (exact) mass is 369 g/mol. The quantitative estimate of drug-likeness (QED) is 0.805. The van der Waals surface area contributed by atoms with Gasteiger partial charge in [0.2, 0.25) is 0 Å². The largest absolute Gasteiger partial charge is 0.345 e. The van der Waals surface area contributed by atoms with Gasteiger partial charge in [0.15, 0.2) is 6.54 Å². The summed E-state index contributed by atoms with van der Waals surface area (Å²) in [6.45, 7) is 2.83. The van der Waals surface area contributed by atoms with Gasteiger partial charge in [0.25, 0.3) is 5.91 Å². The highest BCUT2D eigenvalue weighted by Crippen LogP contribution is 2.25. The number of carbonyl (C=O) groups excluding carboxylic acids is 1. The van der Waals surface area contributed by atoms with Crippen LogP contribution in [0.1, 0.15) is 24.1 Å². The molecule has 2 rings (SSSR count). The summed E-state index contributed by atoms with van der Waals surface area (Å²) in [4.78, 5) is 13.2. The molecule has 0 saturated heterocycles. The van der Waals surface area contributed by atoms with Gasteiger partial charge in [-0.25, -0.2) is 4.39 Å². The summed E-state index contributed by atoms with van der Waals surface area (Å²) in [5.74, 6) is -0.337. The van der Waals surface area contributed by atoms with Crippen LogP contribution < -0.4 is 10.2 Å². The highest BCUT2D eigenvalue weighted by atomic mass is 35.5. The van der Waals surface area contributed by atoms with E-state index in [9.17, 15) is 9.18 Å². The van der Waals surface area contributed by atoms with E-state index in [1.807, 2.05) is 20.0 Å². The third-order valence-corrected chi connectivity index (χ3v) is 4.25. The van der Waals surface area contributed by atoms with Crippen LogP contribution in [0.2, 0.25) is 10.0 Å². The Morgan fingerprint density at radius 1 is 1.21 bits per heavy atom. The molecule has 2 N–H and O–H groups in total. The molecule has 0 aliphatic carbocycles. The number of hydrogen-bond acceptors (Lipinski definition) is 1. The van der Waals surface area contributed by atoms with Gasteiger partial charge in [-0.2, -0.15) is 0 Å². The van der Waals surface area contributed by atoms with Crippen LogP contribution in [0.3, 0.4) is 0 Å². The van der Waals surface area contributed by atoms with Crippen molar-refractivity contribution in [1.82, 2.24) is 5.32 Å². The SMILES string of the molecule is C[C@@H](NC(=O)C[NH+](C)Cc1ccc(F)cc1)c1ccc(Cl)cc1Cl. The Hall–Kier alpha value is -1.62. The smallest absolute Gasteiger partial charge is 0.275 e. The van der Waals surface area contributed by atoms with Gasteiger partial charge in [0, 0.05) is 15.6 Å². The molecule has 0 bridgehead atoms. The molecule has 6 heteroatoms. The fourth-order valence-corrected chi connectivity index (χ4v) is 3.08. The van der Waals surface area contributed by atoms with Gasteiger partial charge >= 0.3 is 0 Å². The fourth-order valence-electron chi connectivity index (χ4n) is 2.51. The molecule has 0 spiro atoms. The van der Waals surface area contributed by atoms with Crippen molar-refractivity contribution in [3.05, 3.63) is 69.5 Å². The van der Waals surface area contributed by atoms with E-state index in [0.29, 0.717) is 23.1 Å². The number of amides is 1. The van der Waals surface area contributed by atoms with Crippen LogP contribution in [0.4, 0.5) is 4.39 Å². The second-order valence-corrected chi connectivity index (χ2v) is 6.74. The zero-order valence-corrected chi connectivity index (χ0v) is 15.1. The number of rotatable bonds is 6. The van der Waals surface area contributed by atoms with Crippen molar-refractivity contribution in [1.29, 1.82) is 0 Å². The van der Waals surface area contributed by atoms with E-state index < -0.39 is 0 Å². The molecule has 0 aliphatic heterocycles. The number of nitrogens with one attached hydrogen (secondary N) is 2. The van der Waals surface area contributed by atoms with Crippen LogP contribution in [-0.4, -0.2) is 19.5 Å². The van der Waals surface area contributed by atoms with Gasteiger partial charge in [0.05, 0.1) is 13.1 Å². The third kappa shape index (κ3) is 5.48. The van der Waals surface area contributed by atoms with Crippen molar-refractivity contribution < 1.29 is 14.1 Å². The van der Waals surface area contributed by atoms with Gasteiger partial charge in [-0.05, 0) is 36.8 Å². The number of hydrogen-bond donors (Lipinski definition) is 2. The highest BCUT2D eigenvalue weighted by molar-refractivity contribution is 6.35. The second-order valence-electron chi connectivity index (χ2n) is 5.89. The normalized spacial score (nSPS) is 13.4. The minimum Gasteiger partial charge on any atom is -0.345 e. The lowest BCUT2D eigenvalue weighted by Crippen LogP contribution is -3.08. The molecule has 0 fully saturated rings. The van der Waals surface area contributed by atoms with Crippen molar-refractivity contribution in [3.8, 4) is 0 Å². The van der Waals surface area contributed by atoms with E-state index in [1.54, 1.807) is 24.3 Å². The molecule has 0 aliphatic rings. The average molecular weight is 370 g/mol. The van der Waals surface area contributed by atoms with Gasteiger partial charge < -0.3 is 10.2 Å². The predicted molar refractivity (Wildman–Crippen MR) is 94.9 cm³/mol. The Morgan fingerprint density at radius 3 is 2.50 bits per heavy atom. The van der Waals surface area contributed by atoms with E-state index in [-0.39, 0.29) is 17.8 Å². The van der Waals surface area contributed by atoms with Crippen LogP contribution >= 0.6 is 23.2 Å². The summed E-state index contributed by atoms with van der Waals surface area (Å²) in [5.41, 5.74) is 1.81. The minimum atomic E-state index is -0.261. The van der Waals surface area contributed by atoms with E-state index in [2.05, 4.69) is 5.32 Å². The van der Waals surface area contributed by atoms with E-state index >= 15 is 0 Å². The maximum atomic E-state index is 12.9. The molecule has 0 radical (unpaired) electrons. The second kappa shape index (κ2) is 8.47. The fraction of sp³-hybridized carbons (Fsp3) is 0.278. The molecule has 2 atom stereocenters. The number of halogens is 3. The van der Waals surface area contributed by atoms with Crippen LogP contribution in [0, 0.1) is 5.82 Å².